The number of hydrogen-bond donors (Lipinski definition) is 1. The summed E-state index contributed by atoms with van der Waals surface area (Å²) in [5.41, 5.74) is -0.217. The van der Waals surface area contributed by atoms with Crippen LogP contribution >= 0.6 is 0 Å². The van der Waals surface area contributed by atoms with Crippen molar-refractivity contribution in [3.63, 3.8) is 0 Å². The maximum atomic E-state index is 15.0. The van der Waals surface area contributed by atoms with Gasteiger partial charge in [0.15, 0.2) is 0 Å². The van der Waals surface area contributed by atoms with Crippen LogP contribution < -0.4 is 0 Å². The molecule has 3 aromatic carbocycles. The molecule has 1 heterocycles. The average Bonchev–Trinajstić information content (AvgIpc) is 3.19. The minimum atomic E-state index is -4.69. The van der Waals surface area contributed by atoms with Gasteiger partial charge in [-0.1, -0.05) is 42.5 Å². The van der Waals surface area contributed by atoms with Gasteiger partial charge in [-0.15, -0.1) is 0 Å². The van der Waals surface area contributed by atoms with Crippen molar-refractivity contribution < 1.29 is 27.5 Å². The zero-order valence-corrected chi connectivity index (χ0v) is 17.1. The van der Waals surface area contributed by atoms with E-state index in [0.717, 1.165) is 16.8 Å². The monoisotopic (exact) mass is 455 g/mol. The molecule has 168 valence electrons. The molecule has 0 spiro atoms. The molecule has 0 unspecified atom stereocenters. The Morgan fingerprint density at radius 3 is 2.55 bits per heavy atom. The SMILES string of the molecule is O=C(O)CCN=Cc1ccc2cn(-c3cc(C(F)(F)F)c(-c4ccccc4)cc3F)nc2c1. The number of rotatable bonds is 6. The molecule has 33 heavy (non-hydrogen) atoms. The third kappa shape index (κ3) is 4.92. The molecule has 0 radical (unpaired) electrons. The van der Waals surface area contributed by atoms with E-state index in [1.54, 1.807) is 36.4 Å². The summed E-state index contributed by atoms with van der Waals surface area (Å²) in [5, 5.41) is 13.5. The maximum Gasteiger partial charge on any atom is 0.417 e. The summed E-state index contributed by atoms with van der Waals surface area (Å²) >= 11 is 0. The summed E-state index contributed by atoms with van der Waals surface area (Å²) < 4.78 is 57.5. The molecule has 0 amide bonds. The highest BCUT2D eigenvalue weighted by molar-refractivity contribution is 5.88. The van der Waals surface area contributed by atoms with Crippen LogP contribution in [0.5, 0.6) is 0 Å². The molecule has 4 rings (SSSR count). The molecule has 9 heteroatoms. The Labute approximate surface area is 185 Å². The Morgan fingerprint density at radius 2 is 1.85 bits per heavy atom. The van der Waals surface area contributed by atoms with Crippen LogP contribution in [-0.2, 0) is 11.0 Å². The van der Waals surface area contributed by atoms with Gasteiger partial charge < -0.3 is 5.11 Å². The van der Waals surface area contributed by atoms with Crippen LogP contribution in [0.15, 0.2) is 71.9 Å². The fourth-order valence-corrected chi connectivity index (χ4v) is 3.40. The Bertz CT molecular complexity index is 1350. The van der Waals surface area contributed by atoms with Gasteiger partial charge in [0.25, 0.3) is 0 Å². The topological polar surface area (TPSA) is 67.5 Å². The third-order valence-corrected chi connectivity index (χ3v) is 4.95. The summed E-state index contributed by atoms with van der Waals surface area (Å²) in [7, 11) is 0. The highest BCUT2D eigenvalue weighted by Crippen LogP contribution is 2.39. The molecule has 0 aliphatic rings. The Balaban J connectivity index is 1.74. The molecule has 4 aromatic rings. The molecule has 0 aliphatic heterocycles. The number of carbonyl (C=O) groups is 1. The number of alkyl halides is 3. The average molecular weight is 455 g/mol. The van der Waals surface area contributed by atoms with Crippen molar-refractivity contribution in [1.29, 1.82) is 0 Å². The number of nitrogens with zero attached hydrogens (tertiary/aromatic N) is 3. The molecule has 0 aliphatic carbocycles. The standard InChI is InChI=1S/C24H17F4N3O2/c25-20-11-18(16-4-2-1-3-5-16)19(24(26,27)28)12-22(20)31-14-17-7-6-15(10-21(17)30-31)13-29-9-8-23(32)33/h1-7,10-14H,8-9H2,(H,32,33). The van der Waals surface area contributed by atoms with Crippen LogP contribution in [0.1, 0.15) is 17.5 Å². The smallest absolute Gasteiger partial charge is 0.417 e. The number of halogens is 4. The molecule has 0 saturated heterocycles. The molecule has 0 bridgehead atoms. The lowest BCUT2D eigenvalue weighted by Crippen LogP contribution is -2.10. The van der Waals surface area contributed by atoms with E-state index in [-0.39, 0.29) is 29.8 Å². The largest absolute Gasteiger partial charge is 0.481 e. The van der Waals surface area contributed by atoms with Crippen LogP contribution in [0.2, 0.25) is 0 Å². The highest BCUT2D eigenvalue weighted by Gasteiger charge is 2.35. The Morgan fingerprint density at radius 1 is 1.09 bits per heavy atom. The summed E-state index contributed by atoms with van der Waals surface area (Å²) in [6.07, 6.45) is -1.87. The molecule has 1 N–H and O–H groups in total. The summed E-state index contributed by atoms with van der Waals surface area (Å²) in [6, 6.07) is 14.5. The number of aliphatic imine (C=N–C) groups is 1. The predicted octanol–water partition coefficient (Wildman–Crippen LogP) is 5.74. The van der Waals surface area contributed by atoms with Crippen LogP contribution in [0.3, 0.4) is 0 Å². The van der Waals surface area contributed by atoms with Crippen molar-refractivity contribution in [2.24, 2.45) is 4.99 Å². The van der Waals surface area contributed by atoms with Gasteiger partial charge in [-0.2, -0.15) is 18.3 Å². The first-order chi connectivity index (χ1) is 15.7. The Hall–Kier alpha value is -4.01. The van der Waals surface area contributed by atoms with Gasteiger partial charge in [-0.25, -0.2) is 9.07 Å². The highest BCUT2D eigenvalue weighted by atomic mass is 19.4. The summed E-state index contributed by atoms with van der Waals surface area (Å²) in [5.74, 6) is -1.80. The summed E-state index contributed by atoms with van der Waals surface area (Å²) in [6.45, 7) is 0.112. The first kappa shape index (κ1) is 22.2. The van der Waals surface area contributed by atoms with E-state index in [0.29, 0.717) is 16.5 Å². The zero-order valence-electron chi connectivity index (χ0n) is 17.1. The van der Waals surface area contributed by atoms with Crippen LogP contribution in [0.4, 0.5) is 17.6 Å². The predicted molar refractivity (Wildman–Crippen MR) is 116 cm³/mol. The van der Waals surface area contributed by atoms with Gasteiger partial charge >= 0.3 is 12.1 Å². The quantitative estimate of drug-likeness (QED) is 0.298. The van der Waals surface area contributed by atoms with Crippen LogP contribution in [-0.4, -0.2) is 33.6 Å². The van der Waals surface area contributed by atoms with Gasteiger partial charge in [-0.05, 0) is 34.9 Å². The van der Waals surface area contributed by atoms with Gasteiger partial charge in [0.1, 0.15) is 11.5 Å². The van der Waals surface area contributed by atoms with E-state index in [2.05, 4.69) is 10.1 Å². The number of fused-ring (bicyclic) bond motifs is 1. The van der Waals surface area contributed by atoms with Crippen molar-refractivity contribution in [2.45, 2.75) is 12.6 Å². The lowest BCUT2D eigenvalue weighted by atomic mass is 9.98. The van der Waals surface area contributed by atoms with Crippen molar-refractivity contribution in [1.82, 2.24) is 9.78 Å². The number of aliphatic carboxylic acids is 1. The van der Waals surface area contributed by atoms with Crippen LogP contribution in [0.25, 0.3) is 27.7 Å². The lowest BCUT2D eigenvalue weighted by molar-refractivity contribution is -0.137. The number of carboxylic acids is 1. The fourth-order valence-electron chi connectivity index (χ4n) is 3.40. The van der Waals surface area contributed by atoms with Gasteiger partial charge in [-0.3, -0.25) is 9.79 Å². The molecule has 0 atom stereocenters. The van der Waals surface area contributed by atoms with Crippen molar-refractivity contribution in [2.75, 3.05) is 6.54 Å². The lowest BCUT2D eigenvalue weighted by Gasteiger charge is -2.15. The number of aromatic nitrogens is 2. The minimum Gasteiger partial charge on any atom is -0.481 e. The van der Waals surface area contributed by atoms with E-state index >= 15 is 0 Å². The normalized spacial score (nSPS) is 12.0. The molecular formula is C24H17F4N3O2. The van der Waals surface area contributed by atoms with E-state index in [9.17, 15) is 22.4 Å². The molecule has 0 fully saturated rings. The fraction of sp³-hybridized carbons (Fsp3) is 0.125. The Kier molecular flexibility index (Phi) is 5.95. The van der Waals surface area contributed by atoms with Crippen molar-refractivity contribution in [3.05, 3.63) is 83.8 Å². The number of hydrogen-bond acceptors (Lipinski definition) is 3. The molecule has 5 nitrogen and oxygen atoms in total. The van der Waals surface area contributed by atoms with Gasteiger partial charge in [0, 0.05) is 24.3 Å². The first-order valence-corrected chi connectivity index (χ1v) is 9.90. The second kappa shape index (κ2) is 8.85. The third-order valence-electron chi connectivity index (χ3n) is 4.95. The first-order valence-electron chi connectivity index (χ1n) is 9.90. The summed E-state index contributed by atoms with van der Waals surface area (Å²) in [4.78, 5) is 14.6. The van der Waals surface area contributed by atoms with E-state index in [1.165, 1.54) is 24.5 Å². The van der Waals surface area contributed by atoms with Crippen molar-refractivity contribution >= 4 is 23.1 Å². The zero-order chi connectivity index (χ0) is 23.6. The van der Waals surface area contributed by atoms with E-state index < -0.39 is 23.5 Å². The van der Waals surface area contributed by atoms with E-state index in [1.807, 2.05) is 0 Å². The molecule has 0 saturated carbocycles. The molecule has 1 aromatic heterocycles. The number of carboxylic acid groups (broad SMARTS) is 1. The second-order valence-electron chi connectivity index (χ2n) is 7.28. The minimum absolute atomic E-state index is 0.104. The van der Waals surface area contributed by atoms with Crippen LogP contribution in [0, 0.1) is 5.82 Å². The second-order valence-corrected chi connectivity index (χ2v) is 7.28. The maximum absolute atomic E-state index is 15.0. The van der Waals surface area contributed by atoms with E-state index in [4.69, 9.17) is 5.11 Å². The van der Waals surface area contributed by atoms with Crippen molar-refractivity contribution in [3.8, 4) is 16.8 Å². The molecular weight excluding hydrogens is 438 g/mol. The van der Waals surface area contributed by atoms with Gasteiger partial charge in [0.05, 0.1) is 17.5 Å². The number of benzene rings is 3. The van der Waals surface area contributed by atoms with Gasteiger partial charge in [0.2, 0.25) is 0 Å².